The van der Waals surface area contributed by atoms with Crippen molar-refractivity contribution in [2.75, 3.05) is 12.4 Å². The number of nitriles is 1. The highest BCUT2D eigenvalue weighted by atomic mass is 35.5. The molecular formula is C18H17Cl2N3O. The van der Waals surface area contributed by atoms with Gasteiger partial charge in [-0.2, -0.15) is 5.26 Å². The van der Waals surface area contributed by atoms with Crippen molar-refractivity contribution < 1.29 is 4.79 Å². The molecule has 2 aromatic rings. The number of para-hydroxylation sites is 1. The molecule has 1 N–H and O–H groups in total. The number of likely N-dealkylation sites (N-methyl/N-ethyl adjacent to an activating group) is 1. The van der Waals surface area contributed by atoms with Crippen LogP contribution in [-0.2, 0) is 11.3 Å². The number of nitrogens with one attached hydrogen (secondary N) is 1. The fraction of sp³-hybridized carbons (Fsp3) is 0.222. The van der Waals surface area contributed by atoms with Gasteiger partial charge in [0.25, 0.3) is 0 Å². The maximum Gasteiger partial charge on any atom is 0.241 e. The second-order valence-corrected chi connectivity index (χ2v) is 6.30. The fourth-order valence-corrected chi connectivity index (χ4v) is 2.51. The molecule has 2 rings (SSSR count). The zero-order chi connectivity index (χ0) is 17.7. The first kappa shape index (κ1) is 18.3. The molecule has 24 heavy (non-hydrogen) atoms. The largest absolute Gasteiger partial charge is 0.324 e. The third-order valence-electron chi connectivity index (χ3n) is 3.76. The molecule has 124 valence electrons. The van der Waals surface area contributed by atoms with Crippen molar-refractivity contribution in [2.45, 2.75) is 19.5 Å². The zero-order valence-electron chi connectivity index (χ0n) is 13.4. The van der Waals surface area contributed by atoms with Crippen molar-refractivity contribution >= 4 is 34.8 Å². The first-order valence-electron chi connectivity index (χ1n) is 7.36. The van der Waals surface area contributed by atoms with Crippen LogP contribution < -0.4 is 5.32 Å². The van der Waals surface area contributed by atoms with E-state index in [1.54, 1.807) is 36.4 Å². The van der Waals surface area contributed by atoms with Crippen LogP contribution in [0.3, 0.4) is 0 Å². The molecule has 0 saturated heterocycles. The van der Waals surface area contributed by atoms with Crippen molar-refractivity contribution in [3.63, 3.8) is 0 Å². The lowest BCUT2D eigenvalue weighted by Gasteiger charge is -2.24. The zero-order valence-corrected chi connectivity index (χ0v) is 14.9. The quantitative estimate of drug-likeness (QED) is 0.862. The predicted molar refractivity (Wildman–Crippen MR) is 97.2 cm³/mol. The average molecular weight is 362 g/mol. The van der Waals surface area contributed by atoms with Crippen LogP contribution in [0, 0.1) is 11.3 Å². The number of benzene rings is 2. The van der Waals surface area contributed by atoms with Crippen molar-refractivity contribution in [1.29, 1.82) is 5.26 Å². The third-order valence-corrected chi connectivity index (χ3v) is 4.50. The summed E-state index contributed by atoms with van der Waals surface area (Å²) >= 11 is 11.9. The standard InChI is InChI=1S/C18H17Cl2N3O/c1-12(18(24)22-17-6-4-3-5-14(17)10-21)23(2)11-13-7-8-15(19)16(20)9-13/h3-9,12H,11H2,1-2H3,(H,22,24)/t12-/m1/s1. The number of hydrogen-bond donors (Lipinski definition) is 1. The van der Waals surface area contributed by atoms with E-state index in [-0.39, 0.29) is 11.9 Å². The molecule has 0 aliphatic heterocycles. The van der Waals surface area contributed by atoms with Crippen LogP contribution in [-0.4, -0.2) is 23.9 Å². The van der Waals surface area contributed by atoms with E-state index in [9.17, 15) is 4.79 Å². The number of rotatable bonds is 5. The van der Waals surface area contributed by atoms with E-state index in [1.165, 1.54) is 0 Å². The lowest BCUT2D eigenvalue weighted by molar-refractivity contribution is -0.120. The van der Waals surface area contributed by atoms with Crippen LogP contribution in [0.4, 0.5) is 5.69 Å². The third kappa shape index (κ3) is 4.48. The van der Waals surface area contributed by atoms with Crippen molar-refractivity contribution in [1.82, 2.24) is 4.90 Å². The molecular weight excluding hydrogens is 345 g/mol. The smallest absolute Gasteiger partial charge is 0.241 e. The molecule has 0 spiro atoms. The van der Waals surface area contributed by atoms with E-state index in [2.05, 4.69) is 11.4 Å². The van der Waals surface area contributed by atoms with Crippen LogP contribution >= 0.6 is 23.2 Å². The minimum absolute atomic E-state index is 0.180. The highest BCUT2D eigenvalue weighted by molar-refractivity contribution is 6.42. The van der Waals surface area contributed by atoms with Gasteiger partial charge in [0.1, 0.15) is 6.07 Å². The lowest BCUT2D eigenvalue weighted by atomic mass is 10.1. The highest BCUT2D eigenvalue weighted by Crippen LogP contribution is 2.23. The van der Waals surface area contributed by atoms with Gasteiger partial charge < -0.3 is 5.32 Å². The van der Waals surface area contributed by atoms with Gasteiger partial charge in [-0.15, -0.1) is 0 Å². The first-order chi connectivity index (χ1) is 11.4. The van der Waals surface area contributed by atoms with Gasteiger partial charge >= 0.3 is 0 Å². The molecule has 0 fully saturated rings. The number of hydrogen-bond acceptors (Lipinski definition) is 3. The fourth-order valence-electron chi connectivity index (χ4n) is 2.19. The second-order valence-electron chi connectivity index (χ2n) is 5.49. The van der Waals surface area contributed by atoms with E-state index in [4.69, 9.17) is 28.5 Å². The van der Waals surface area contributed by atoms with Crippen molar-refractivity contribution in [3.05, 3.63) is 63.6 Å². The predicted octanol–water partition coefficient (Wildman–Crippen LogP) is 4.32. The maximum absolute atomic E-state index is 12.4. The topological polar surface area (TPSA) is 56.1 Å². The Morgan fingerprint density at radius 3 is 2.62 bits per heavy atom. The van der Waals surface area contributed by atoms with Crippen LogP contribution in [0.1, 0.15) is 18.1 Å². The van der Waals surface area contributed by atoms with E-state index < -0.39 is 0 Å². The minimum Gasteiger partial charge on any atom is -0.324 e. The molecule has 0 unspecified atom stereocenters. The van der Waals surface area contributed by atoms with Gasteiger partial charge in [-0.1, -0.05) is 41.4 Å². The summed E-state index contributed by atoms with van der Waals surface area (Å²) in [6.07, 6.45) is 0. The highest BCUT2D eigenvalue weighted by Gasteiger charge is 2.19. The Morgan fingerprint density at radius 1 is 1.25 bits per heavy atom. The molecule has 0 aliphatic rings. The molecule has 0 heterocycles. The van der Waals surface area contributed by atoms with E-state index >= 15 is 0 Å². The molecule has 4 nitrogen and oxygen atoms in total. The Bertz CT molecular complexity index is 786. The monoisotopic (exact) mass is 361 g/mol. The van der Waals surface area contributed by atoms with Gasteiger partial charge in [-0.25, -0.2) is 0 Å². The Hall–Kier alpha value is -2.06. The van der Waals surface area contributed by atoms with Crippen molar-refractivity contribution in [3.8, 4) is 6.07 Å². The van der Waals surface area contributed by atoms with Gasteiger partial charge in [-0.3, -0.25) is 9.69 Å². The molecule has 0 radical (unpaired) electrons. The summed E-state index contributed by atoms with van der Waals surface area (Å²) in [6.45, 7) is 2.35. The van der Waals surface area contributed by atoms with Crippen LogP contribution in [0.2, 0.25) is 10.0 Å². The molecule has 0 aromatic heterocycles. The van der Waals surface area contributed by atoms with Crippen LogP contribution in [0.25, 0.3) is 0 Å². The number of carbonyl (C=O) groups excluding carboxylic acids is 1. The molecule has 0 aliphatic carbocycles. The molecule has 1 amide bonds. The Balaban J connectivity index is 2.04. The average Bonchev–Trinajstić information content (AvgIpc) is 2.57. The number of anilines is 1. The van der Waals surface area contributed by atoms with Gasteiger partial charge in [0.2, 0.25) is 5.91 Å². The van der Waals surface area contributed by atoms with E-state index in [1.807, 2.05) is 24.9 Å². The van der Waals surface area contributed by atoms with Crippen molar-refractivity contribution in [2.24, 2.45) is 0 Å². The summed E-state index contributed by atoms with van der Waals surface area (Å²) < 4.78 is 0. The van der Waals surface area contributed by atoms with Crippen LogP contribution in [0.5, 0.6) is 0 Å². The Morgan fingerprint density at radius 2 is 1.96 bits per heavy atom. The van der Waals surface area contributed by atoms with Gasteiger partial charge in [-0.05, 0) is 43.8 Å². The summed E-state index contributed by atoms with van der Waals surface area (Å²) in [5, 5.41) is 12.9. The van der Waals surface area contributed by atoms with Gasteiger partial charge in [0.05, 0.1) is 27.3 Å². The summed E-state index contributed by atoms with van der Waals surface area (Å²) in [6, 6.07) is 14.0. The lowest BCUT2D eigenvalue weighted by Crippen LogP contribution is -2.39. The molecule has 0 bridgehead atoms. The maximum atomic E-state index is 12.4. The first-order valence-corrected chi connectivity index (χ1v) is 8.12. The molecule has 0 saturated carbocycles. The van der Waals surface area contributed by atoms with Gasteiger partial charge in [0.15, 0.2) is 0 Å². The summed E-state index contributed by atoms with van der Waals surface area (Å²) in [7, 11) is 1.85. The second kappa shape index (κ2) is 8.16. The van der Waals surface area contributed by atoms with E-state index in [0.717, 1.165) is 5.56 Å². The molecule has 1 atom stereocenters. The summed E-state index contributed by atoms with van der Waals surface area (Å²) in [5.74, 6) is -0.180. The van der Waals surface area contributed by atoms with E-state index in [0.29, 0.717) is 27.8 Å². The molecule has 2 aromatic carbocycles. The normalized spacial score (nSPS) is 11.8. The Kier molecular flexibility index (Phi) is 6.22. The number of carbonyl (C=O) groups is 1. The summed E-state index contributed by atoms with van der Waals surface area (Å²) in [4.78, 5) is 14.3. The minimum atomic E-state index is -0.383. The summed E-state index contributed by atoms with van der Waals surface area (Å²) in [5.41, 5.74) is 1.91. The number of halogens is 2. The SMILES string of the molecule is C[C@H](C(=O)Nc1ccccc1C#N)N(C)Cc1ccc(Cl)c(Cl)c1. The number of amides is 1. The number of nitrogens with zero attached hydrogens (tertiary/aromatic N) is 2. The van der Waals surface area contributed by atoms with Gasteiger partial charge in [0, 0.05) is 6.54 Å². The molecule has 6 heteroatoms. The van der Waals surface area contributed by atoms with Crippen LogP contribution in [0.15, 0.2) is 42.5 Å². The Labute approximate surface area is 151 Å².